The summed E-state index contributed by atoms with van der Waals surface area (Å²) in [7, 11) is 2.22. The topological polar surface area (TPSA) is 51.4 Å². The average molecular weight is 340 g/mol. The maximum Gasteiger partial charge on any atom is 0.217 e. The van der Waals surface area contributed by atoms with Crippen molar-refractivity contribution in [1.29, 1.82) is 0 Å². The normalized spacial score (nSPS) is 24.2. The quantitative estimate of drug-likeness (QED) is 0.902. The van der Waals surface area contributed by atoms with Crippen LogP contribution >= 0.6 is 0 Å². The molecule has 1 spiro atoms. The molecule has 25 heavy (non-hydrogen) atoms. The zero-order chi connectivity index (χ0) is 17.4. The summed E-state index contributed by atoms with van der Waals surface area (Å²) in [6.45, 7) is 5.87. The molecule has 2 aliphatic heterocycles. The fraction of sp³-hybridized carbons (Fsp3) is 0.550. The van der Waals surface area contributed by atoms with Gasteiger partial charge in [-0.25, -0.2) is 0 Å². The highest BCUT2D eigenvalue weighted by atomic mass is 16.1. The highest BCUT2D eigenvalue weighted by Crippen LogP contribution is 2.37. The Morgan fingerprint density at radius 3 is 2.88 bits per heavy atom. The van der Waals surface area contributed by atoms with E-state index >= 15 is 0 Å². The second-order valence-electron chi connectivity index (χ2n) is 7.88. The SMILES string of the molecule is CC(=O)NC1CN(C)C2(CCN(Cc3ccc4[nH]ccc4c3)CC2)C1. The second kappa shape index (κ2) is 6.46. The molecule has 0 saturated carbocycles. The molecule has 1 unspecified atom stereocenters. The number of aromatic nitrogens is 1. The number of carbonyl (C=O) groups excluding carboxylic acids is 1. The van der Waals surface area contributed by atoms with Crippen LogP contribution in [0.3, 0.4) is 0 Å². The van der Waals surface area contributed by atoms with Crippen molar-refractivity contribution in [2.45, 2.75) is 44.3 Å². The van der Waals surface area contributed by atoms with Gasteiger partial charge in [-0.05, 0) is 55.5 Å². The number of rotatable bonds is 3. The van der Waals surface area contributed by atoms with Gasteiger partial charge in [-0.2, -0.15) is 0 Å². The van der Waals surface area contributed by atoms with Gasteiger partial charge in [0.15, 0.2) is 0 Å². The van der Waals surface area contributed by atoms with E-state index in [1.165, 1.54) is 29.3 Å². The summed E-state index contributed by atoms with van der Waals surface area (Å²) in [6, 6.07) is 9.16. The Balaban J connectivity index is 1.37. The van der Waals surface area contributed by atoms with Gasteiger partial charge in [-0.15, -0.1) is 0 Å². The highest BCUT2D eigenvalue weighted by molar-refractivity contribution is 5.79. The molecule has 5 heteroatoms. The van der Waals surface area contributed by atoms with E-state index in [9.17, 15) is 4.79 Å². The van der Waals surface area contributed by atoms with Crippen LogP contribution < -0.4 is 5.32 Å². The number of likely N-dealkylation sites (N-methyl/N-ethyl adjacent to an activating group) is 1. The van der Waals surface area contributed by atoms with Gasteiger partial charge < -0.3 is 10.3 Å². The summed E-state index contributed by atoms with van der Waals surface area (Å²) in [6.07, 6.45) is 5.46. The number of benzene rings is 1. The molecule has 0 bridgehead atoms. The second-order valence-corrected chi connectivity index (χ2v) is 7.88. The molecule has 1 atom stereocenters. The van der Waals surface area contributed by atoms with E-state index in [1.807, 2.05) is 6.20 Å². The zero-order valence-corrected chi connectivity index (χ0v) is 15.2. The van der Waals surface area contributed by atoms with Gasteiger partial charge in [0.05, 0.1) is 0 Å². The first-order chi connectivity index (χ1) is 12.0. The van der Waals surface area contributed by atoms with Crippen LogP contribution in [0.15, 0.2) is 30.5 Å². The number of hydrogen-bond acceptors (Lipinski definition) is 3. The summed E-state index contributed by atoms with van der Waals surface area (Å²) in [5.74, 6) is 0.0908. The first kappa shape index (κ1) is 16.6. The van der Waals surface area contributed by atoms with E-state index < -0.39 is 0 Å². The van der Waals surface area contributed by atoms with Crippen molar-refractivity contribution in [3.8, 4) is 0 Å². The molecule has 0 aliphatic carbocycles. The molecule has 2 aromatic rings. The van der Waals surface area contributed by atoms with Gasteiger partial charge in [0, 0.05) is 56.4 Å². The summed E-state index contributed by atoms with van der Waals surface area (Å²) >= 11 is 0. The molecule has 2 N–H and O–H groups in total. The van der Waals surface area contributed by atoms with Crippen molar-refractivity contribution in [2.75, 3.05) is 26.7 Å². The minimum Gasteiger partial charge on any atom is -0.361 e. The van der Waals surface area contributed by atoms with Crippen LogP contribution in [0.1, 0.15) is 31.7 Å². The zero-order valence-electron chi connectivity index (χ0n) is 15.2. The Kier molecular flexibility index (Phi) is 4.29. The number of likely N-dealkylation sites (tertiary alicyclic amines) is 2. The van der Waals surface area contributed by atoms with Gasteiger partial charge >= 0.3 is 0 Å². The van der Waals surface area contributed by atoms with Crippen LogP contribution in [0.5, 0.6) is 0 Å². The molecule has 4 rings (SSSR count). The molecule has 1 amide bonds. The third-order valence-electron chi connectivity index (χ3n) is 6.15. The van der Waals surface area contributed by atoms with Gasteiger partial charge in [0.25, 0.3) is 0 Å². The monoisotopic (exact) mass is 340 g/mol. The maximum absolute atomic E-state index is 11.4. The Hall–Kier alpha value is -1.85. The summed E-state index contributed by atoms with van der Waals surface area (Å²) in [5.41, 5.74) is 2.87. The Morgan fingerprint density at radius 2 is 2.12 bits per heavy atom. The standard InChI is InChI=1S/C20H28N4O/c1-15(25)22-18-12-20(23(2)14-18)6-9-24(10-7-20)13-16-3-4-19-17(11-16)5-8-21-19/h3-5,8,11,18,21H,6-7,9-10,12-14H2,1-2H3,(H,22,25). The van der Waals surface area contributed by atoms with Crippen LogP contribution in [0.25, 0.3) is 10.9 Å². The number of piperidine rings is 1. The minimum absolute atomic E-state index is 0.0908. The lowest BCUT2D eigenvalue weighted by molar-refractivity contribution is -0.119. The fourth-order valence-corrected chi connectivity index (χ4v) is 4.76. The summed E-state index contributed by atoms with van der Waals surface area (Å²) in [5, 5.41) is 4.40. The number of nitrogens with one attached hydrogen (secondary N) is 2. The molecule has 3 heterocycles. The summed E-state index contributed by atoms with van der Waals surface area (Å²) < 4.78 is 0. The third kappa shape index (κ3) is 3.31. The predicted molar refractivity (Wildman–Crippen MR) is 100 cm³/mol. The average Bonchev–Trinajstić information content (AvgIpc) is 3.14. The van der Waals surface area contributed by atoms with Crippen molar-refractivity contribution in [3.63, 3.8) is 0 Å². The lowest BCUT2D eigenvalue weighted by Gasteiger charge is -2.43. The largest absolute Gasteiger partial charge is 0.361 e. The van der Waals surface area contributed by atoms with Gasteiger partial charge in [-0.3, -0.25) is 14.6 Å². The molecule has 134 valence electrons. The first-order valence-corrected chi connectivity index (χ1v) is 9.31. The lowest BCUT2D eigenvalue weighted by atomic mass is 9.84. The van der Waals surface area contributed by atoms with Crippen molar-refractivity contribution in [2.24, 2.45) is 0 Å². The number of aromatic amines is 1. The molecule has 2 fully saturated rings. The van der Waals surface area contributed by atoms with E-state index in [4.69, 9.17) is 0 Å². The van der Waals surface area contributed by atoms with Crippen molar-refractivity contribution >= 4 is 16.8 Å². The highest BCUT2D eigenvalue weighted by Gasteiger charge is 2.45. The van der Waals surface area contributed by atoms with Gasteiger partial charge in [0.2, 0.25) is 5.91 Å². The molecule has 0 radical (unpaired) electrons. The Bertz CT molecular complexity index is 760. The molecule has 2 saturated heterocycles. The van der Waals surface area contributed by atoms with Crippen LogP contribution in [-0.4, -0.2) is 59.0 Å². The van der Waals surface area contributed by atoms with E-state index in [1.54, 1.807) is 6.92 Å². The minimum atomic E-state index is 0.0908. The summed E-state index contributed by atoms with van der Waals surface area (Å²) in [4.78, 5) is 19.7. The number of nitrogens with zero attached hydrogens (tertiary/aromatic N) is 2. The van der Waals surface area contributed by atoms with Crippen molar-refractivity contribution < 1.29 is 4.79 Å². The number of H-pyrrole nitrogens is 1. The molecule has 5 nitrogen and oxygen atoms in total. The third-order valence-corrected chi connectivity index (χ3v) is 6.15. The number of amides is 1. The van der Waals surface area contributed by atoms with E-state index in [0.29, 0.717) is 6.04 Å². The number of fused-ring (bicyclic) bond motifs is 1. The number of hydrogen-bond donors (Lipinski definition) is 2. The van der Waals surface area contributed by atoms with Crippen LogP contribution in [0.4, 0.5) is 0 Å². The van der Waals surface area contributed by atoms with Crippen molar-refractivity contribution in [3.05, 3.63) is 36.0 Å². The van der Waals surface area contributed by atoms with Crippen LogP contribution in [-0.2, 0) is 11.3 Å². The van der Waals surface area contributed by atoms with E-state index in [2.05, 4.69) is 51.4 Å². The van der Waals surface area contributed by atoms with Gasteiger partial charge in [0.1, 0.15) is 0 Å². The maximum atomic E-state index is 11.4. The lowest BCUT2D eigenvalue weighted by Crippen LogP contribution is -2.50. The first-order valence-electron chi connectivity index (χ1n) is 9.31. The van der Waals surface area contributed by atoms with E-state index in [0.717, 1.165) is 32.6 Å². The predicted octanol–water partition coefficient (Wildman–Crippen LogP) is 2.34. The van der Waals surface area contributed by atoms with Crippen molar-refractivity contribution in [1.82, 2.24) is 20.1 Å². The smallest absolute Gasteiger partial charge is 0.217 e. The van der Waals surface area contributed by atoms with Crippen LogP contribution in [0, 0.1) is 0 Å². The Morgan fingerprint density at radius 1 is 1.32 bits per heavy atom. The van der Waals surface area contributed by atoms with Gasteiger partial charge in [-0.1, -0.05) is 6.07 Å². The van der Waals surface area contributed by atoms with Crippen LogP contribution in [0.2, 0.25) is 0 Å². The van der Waals surface area contributed by atoms with E-state index in [-0.39, 0.29) is 11.4 Å². The molecule has 2 aliphatic rings. The molecule has 1 aromatic carbocycles. The molecular formula is C20H28N4O. The molecular weight excluding hydrogens is 312 g/mol. The number of carbonyl (C=O) groups is 1. The fourth-order valence-electron chi connectivity index (χ4n) is 4.76. The Labute approximate surface area is 149 Å². The molecule has 1 aromatic heterocycles.